The van der Waals surface area contributed by atoms with Gasteiger partial charge in [0, 0.05) is 34.7 Å². The van der Waals surface area contributed by atoms with Crippen molar-refractivity contribution in [3.63, 3.8) is 0 Å². The summed E-state index contributed by atoms with van der Waals surface area (Å²) in [7, 11) is 0. The van der Waals surface area contributed by atoms with Crippen LogP contribution in [0.4, 0.5) is 5.69 Å². The number of aromatic nitrogens is 1. The van der Waals surface area contributed by atoms with Crippen molar-refractivity contribution in [2.75, 3.05) is 5.73 Å². The number of nitrogens with two attached hydrogens (primary N) is 1. The zero-order valence-corrected chi connectivity index (χ0v) is 12.7. The van der Waals surface area contributed by atoms with Gasteiger partial charge in [-0.25, -0.2) is 4.79 Å². The third-order valence-corrected chi connectivity index (χ3v) is 3.77. The Labute approximate surface area is 137 Å². The van der Waals surface area contributed by atoms with Gasteiger partial charge in [0.05, 0.1) is 5.69 Å². The molecule has 0 amide bonds. The lowest BCUT2D eigenvalue weighted by molar-refractivity contribution is 0.0694. The van der Waals surface area contributed by atoms with Crippen LogP contribution in [0.1, 0.15) is 10.4 Å². The van der Waals surface area contributed by atoms with Crippen LogP contribution >= 0.6 is 11.6 Å². The summed E-state index contributed by atoms with van der Waals surface area (Å²) >= 11 is 5.89. The van der Waals surface area contributed by atoms with Crippen LogP contribution in [0.15, 0.2) is 54.9 Å². The van der Waals surface area contributed by atoms with Crippen LogP contribution in [0, 0.1) is 0 Å². The largest absolute Gasteiger partial charge is 0.507 e. The fourth-order valence-corrected chi connectivity index (χ4v) is 2.48. The molecule has 0 bridgehead atoms. The van der Waals surface area contributed by atoms with Crippen molar-refractivity contribution in [2.45, 2.75) is 0 Å². The predicted molar refractivity (Wildman–Crippen MR) is 89.3 cm³/mol. The van der Waals surface area contributed by atoms with Gasteiger partial charge in [-0.1, -0.05) is 23.7 Å². The summed E-state index contributed by atoms with van der Waals surface area (Å²) in [5.74, 6) is -1.47. The first-order chi connectivity index (χ1) is 11.0. The second-order valence-corrected chi connectivity index (χ2v) is 5.48. The number of carboxylic acid groups (broad SMARTS) is 1. The van der Waals surface area contributed by atoms with Crippen molar-refractivity contribution in [3.8, 4) is 22.6 Å². The van der Waals surface area contributed by atoms with Crippen LogP contribution in [-0.4, -0.2) is 20.7 Å². The molecule has 0 atom stereocenters. The van der Waals surface area contributed by atoms with Crippen molar-refractivity contribution in [1.82, 2.24) is 4.57 Å². The molecule has 4 N–H and O–H groups in total. The Morgan fingerprint density at radius 3 is 2.39 bits per heavy atom. The van der Waals surface area contributed by atoms with Crippen molar-refractivity contribution in [2.24, 2.45) is 0 Å². The van der Waals surface area contributed by atoms with E-state index < -0.39 is 5.97 Å². The first-order valence-electron chi connectivity index (χ1n) is 6.76. The number of carbonyl (C=O) groups is 1. The van der Waals surface area contributed by atoms with E-state index >= 15 is 0 Å². The van der Waals surface area contributed by atoms with E-state index in [9.17, 15) is 9.90 Å². The number of halogens is 1. The van der Waals surface area contributed by atoms with Gasteiger partial charge in [-0.05, 0) is 29.8 Å². The molecule has 3 rings (SSSR count). The van der Waals surface area contributed by atoms with Crippen LogP contribution < -0.4 is 5.73 Å². The summed E-state index contributed by atoms with van der Waals surface area (Å²) in [5, 5.41) is 19.4. The minimum atomic E-state index is -1.18. The topological polar surface area (TPSA) is 88.5 Å². The standard InChI is InChI=1S/C17H13ClN2O3/c18-11-3-1-10(2-4-11)14-8-20(9-15(14)19)12-5-6-13(17(22)23)16(21)7-12/h1-9,21H,19H2,(H,22,23). The molecule has 0 saturated carbocycles. The molecule has 0 spiro atoms. The van der Waals surface area contributed by atoms with Gasteiger partial charge < -0.3 is 20.5 Å². The molecular formula is C17H13ClN2O3. The Morgan fingerprint density at radius 1 is 1.09 bits per heavy atom. The third kappa shape index (κ3) is 2.86. The Morgan fingerprint density at radius 2 is 1.78 bits per heavy atom. The number of phenols is 1. The molecule has 1 aromatic heterocycles. The molecule has 5 nitrogen and oxygen atoms in total. The van der Waals surface area contributed by atoms with Gasteiger partial charge in [-0.15, -0.1) is 0 Å². The summed E-state index contributed by atoms with van der Waals surface area (Å²) in [6, 6.07) is 11.6. The molecule has 0 saturated heterocycles. The van der Waals surface area contributed by atoms with Gasteiger partial charge in [-0.3, -0.25) is 0 Å². The zero-order valence-electron chi connectivity index (χ0n) is 11.9. The van der Waals surface area contributed by atoms with Gasteiger partial charge in [-0.2, -0.15) is 0 Å². The molecule has 0 aliphatic heterocycles. The number of nitrogen functional groups attached to an aromatic ring is 1. The lowest BCUT2D eigenvalue weighted by Crippen LogP contribution is -1.98. The first kappa shape index (κ1) is 15.0. The highest BCUT2D eigenvalue weighted by Gasteiger charge is 2.12. The van der Waals surface area contributed by atoms with Crippen molar-refractivity contribution in [1.29, 1.82) is 0 Å². The molecule has 6 heteroatoms. The maximum atomic E-state index is 10.9. The maximum Gasteiger partial charge on any atom is 0.339 e. The van der Waals surface area contributed by atoms with Crippen LogP contribution in [0.5, 0.6) is 5.75 Å². The second kappa shape index (κ2) is 5.70. The number of hydrogen-bond acceptors (Lipinski definition) is 3. The molecule has 3 aromatic rings. The summed E-state index contributed by atoms with van der Waals surface area (Å²) in [6.07, 6.45) is 3.52. The average molecular weight is 329 g/mol. The number of benzene rings is 2. The van der Waals surface area contributed by atoms with E-state index in [-0.39, 0.29) is 11.3 Å². The monoisotopic (exact) mass is 328 g/mol. The molecule has 2 aromatic carbocycles. The van der Waals surface area contributed by atoms with Crippen LogP contribution in [0.3, 0.4) is 0 Å². The molecule has 23 heavy (non-hydrogen) atoms. The van der Waals surface area contributed by atoms with Crippen molar-refractivity contribution >= 4 is 23.3 Å². The molecule has 1 heterocycles. The van der Waals surface area contributed by atoms with Crippen LogP contribution in [0.2, 0.25) is 5.02 Å². The van der Waals surface area contributed by atoms with Gasteiger partial charge >= 0.3 is 5.97 Å². The molecule has 116 valence electrons. The summed E-state index contributed by atoms with van der Waals surface area (Å²) < 4.78 is 1.73. The maximum absolute atomic E-state index is 10.9. The van der Waals surface area contributed by atoms with Gasteiger partial charge in [0.1, 0.15) is 11.3 Å². The van der Waals surface area contributed by atoms with Gasteiger partial charge in [0.25, 0.3) is 0 Å². The Hall–Kier alpha value is -2.92. The first-order valence-corrected chi connectivity index (χ1v) is 7.13. The van der Waals surface area contributed by atoms with E-state index in [1.54, 1.807) is 29.0 Å². The fourth-order valence-electron chi connectivity index (χ4n) is 2.35. The third-order valence-electron chi connectivity index (χ3n) is 3.52. The Kier molecular flexibility index (Phi) is 3.72. The van der Waals surface area contributed by atoms with E-state index in [0.29, 0.717) is 16.4 Å². The van der Waals surface area contributed by atoms with Crippen LogP contribution in [-0.2, 0) is 0 Å². The van der Waals surface area contributed by atoms with Crippen molar-refractivity contribution in [3.05, 3.63) is 65.4 Å². The predicted octanol–water partition coefficient (Wildman–Crippen LogP) is 3.78. The highest BCUT2D eigenvalue weighted by atomic mass is 35.5. The van der Waals surface area contributed by atoms with Crippen LogP contribution in [0.25, 0.3) is 16.8 Å². The normalized spacial score (nSPS) is 10.7. The molecule has 0 fully saturated rings. The highest BCUT2D eigenvalue weighted by Crippen LogP contribution is 2.30. The fraction of sp³-hybridized carbons (Fsp3) is 0. The molecule has 0 unspecified atom stereocenters. The van der Waals surface area contributed by atoms with Gasteiger partial charge in [0.15, 0.2) is 0 Å². The quantitative estimate of drug-likeness (QED) is 0.682. The lowest BCUT2D eigenvalue weighted by atomic mass is 10.1. The lowest BCUT2D eigenvalue weighted by Gasteiger charge is -2.05. The summed E-state index contributed by atoms with van der Waals surface area (Å²) in [5.41, 5.74) is 8.82. The van der Waals surface area contributed by atoms with E-state index in [4.69, 9.17) is 22.4 Å². The van der Waals surface area contributed by atoms with Crippen molar-refractivity contribution < 1.29 is 15.0 Å². The number of anilines is 1. The smallest absolute Gasteiger partial charge is 0.339 e. The minimum absolute atomic E-state index is 0.146. The Balaban J connectivity index is 2.02. The Bertz CT molecular complexity index is 885. The minimum Gasteiger partial charge on any atom is -0.507 e. The zero-order chi connectivity index (χ0) is 16.6. The number of aromatic hydroxyl groups is 1. The summed E-state index contributed by atoms with van der Waals surface area (Å²) in [4.78, 5) is 10.9. The molecular weight excluding hydrogens is 316 g/mol. The number of rotatable bonds is 3. The van der Waals surface area contributed by atoms with E-state index in [2.05, 4.69) is 0 Å². The number of nitrogens with zero attached hydrogens (tertiary/aromatic N) is 1. The van der Waals surface area contributed by atoms with Gasteiger partial charge in [0.2, 0.25) is 0 Å². The molecule has 0 aliphatic carbocycles. The number of carboxylic acids is 1. The second-order valence-electron chi connectivity index (χ2n) is 5.05. The highest BCUT2D eigenvalue weighted by molar-refractivity contribution is 6.30. The molecule has 0 aliphatic rings. The average Bonchev–Trinajstić information content (AvgIpc) is 2.89. The molecule has 0 radical (unpaired) electrons. The van der Waals surface area contributed by atoms with E-state index in [0.717, 1.165) is 11.1 Å². The van der Waals surface area contributed by atoms with E-state index in [1.165, 1.54) is 12.1 Å². The SMILES string of the molecule is Nc1cn(-c2ccc(C(=O)O)c(O)c2)cc1-c1ccc(Cl)cc1. The number of aromatic carboxylic acids is 1. The summed E-state index contributed by atoms with van der Waals surface area (Å²) in [6.45, 7) is 0. The van der Waals surface area contributed by atoms with E-state index in [1.807, 2.05) is 18.3 Å². The number of hydrogen-bond donors (Lipinski definition) is 3.